The van der Waals surface area contributed by atoms with Crippen molar-refractivity contribution >= 4 is 40.3 Å². The maximum absolute atomic E-state index is 12.7. The van der Waals surface area contributed by atoms with Gasteiger partial charge >= 0.3 is 0 Å². The van der Waals surface area contributed by atoms with Crippen molar-refractivity contribution in [1.29, 1.82) is 5.26 Å². The molecule has 0 radical (unpaired) electrons. The second-order valence-corrected chi connectivity index (χ2v) is 8.71. The van der Waals surface area contributed by atoms with Gasteiger partial charge in [0.2, 0.25) is 0 Å². The molecule has 6 heteroatoms. The topological polar surface area (TPSA) is 67.1 Å². The van der Waals surface area contributed by atoms with Gasteiger partial charge in [0.05, 0.1) is 6.10 Å². The summed E-state index contributed by atoms with van der Waals surface area (Å²) in [4.78, 5) is 12.7. The van der Waals surface area contributed by atoms with E-state index in [9.17, 15) is 10.1 Å². The largest absolute Gasteiger partial charge is 0.491 e. The summed E-state index contributed by atoms with van der Waals surface area (Å²) in [6.07, 6.45) is 1.67. The van der Waals surface area contributed by atoms with Gasteiger partial charge in [-0.15, -0.1) is 0 Å². The number of hydrogen-bond donors (Lipinski definition) is 1. The third-order valence-electron chi connectivity index (χ3n) is 4.67. The SMILES string of the molecule is Cc1cc(/C=C(/C#N)C(=O)Nc2cccc(OC(C)C)c2)c(C)n1-c1cccc(I)c1. The predicted octanol–water partition coefficient (Wildman–Crippen LogP) is 6.03. The number of aryl methyl sites for hydroxylation is 1. The standard InChI is InChI=1S/C25H24IN3O2/c1-16(2)31-24-10-6-8-22(14-24)28-25(30)20(15-27)12-19-11-17(3)29(18(19)4)23-9-5-7-21(26)13-23/h5-14,16H,1-4H3,(H,28,30)/b20-12-. The Morgan fingerprint density at radius 1 is 1.16 bits per heavy atom. The molecule has 158 valence electrons. The van der Waals surface area contributed by atoms with E-state index in [2.05, 4.69) is 38.5 Å². The van der Waals surface area contributed by atoms with Crippen molar-refractivity contribution in [3.63, 3.8) is 0 Å². The van der Waals surface area contributed by atoms with Gasteiger partial charge in [0.1, 0.15) is 17.4 Å². The van der Waals surface area contributed by atoms with E-state index in [1.165, 1.54) is 0 Å². The Kier molecular flexibility index (Phi) is 7.18. The Hall–Kier alpha value is -3.05. The van der Waals surface area contributed by atoms with E-state index >= 15 is 0 Å². The number of halogens is 1. The zero-order chi connectivity index (χ0) is 22.5. The van der Waals surface area contributed by atoms with Gasteiger partial charge in [-0.2, -0.15) is 5.26 Å². The molecule has 5 nitrogen and oxygen atoms in total. The molecule has 0 aliphatic carbocycles. The lowest BCUT2D eigenvalue weighted by molar-refractivity contribution is -0.112. The van der Waals surface area contributed by atoms with Gasteiger partial charge in [-0.3, -0.25) is 4.79 Å². The highest BCUT2D eigenvalue weighted by atomic mass is 127. The first-order valence-electron chi connectivity index (χ1n) is 9.93. The first-order valence-corrected chi connectivity index (χ1v) is 11.0. The highest BCUT2D eigenvalue weighted by molar-refractivity contribution is 14.1. The maximum atomic E-state index is 12.7. The number of aromatic nitrogens is 1. The van der Waals surface area contributed by atoms with Crippen LogP contribution in [0.15, 0.2) is 60.2 Å². The van der Waals surface area contributed by atoms with E-state index in [-0.39, 0.29) is 11.7 Å². The van der Waals surface area contributed by atoms with Crippen molar-refractivity contribution in [2.75, 3.05) is 5.32 Å². The minimum absolute atomic E-state index is 0.0312. The quantitative estimate of drug-likeness (QED) is 0.243. The fourth-order valence-electron chi connectivity index (χ4n) is 3.37. The third kappa shape index (κ3) is 5.56. The van der Waals surface area contributed by atoms with E-state index < -0.39 is 5.91 Å². The van der Waals surface area contributed by atoms with Crippen LogP contribution in [0.25, 0.3) is 11.8 Å². The molecule has 31 heavy (non-hydrogen) atoms. The summed E-state index contributed by atoms with van der Waals surface area (Å²) in [6.45, 7) is 7.87. The van der Waals surface area contributed by atoms with Crippen LogP contribution in [0.2, 0.25) is 0 Å². The summed E-state index contributed by atoms with van der Waals surface area (Å²) >= 11 is 2.29. The predicted molar refractivity (Wildman–Crippen MR) is 132 cm³/mol. The number of rotatable bonds is 6. The number of carbonyl (C=O) groups is 1. The molecule has 0 saturated carbocycles. The van der Waals surface area contributed by atoms with Crippen molar-refractivity contribution in [2.24, 2.45) is 0 Å². The molecule has 2 aromatic carbocycles. The number of nitriles is 1. The van der Waals surface area contributed by atoms with E-state index in [1.54, 1.807) is 24.3 Å². The molecule has 1 heterocycles. The van der Waals surface area contributed by atoms with Crippen LogP contribution in [0.3, 0.4) is 0 Å². The van der Waals surface area contributed by atoms with Crippen molar-refractivity contribution in [1.82, 2.24) is 4.57 Å². The average molecular weight is 525 g/mol. The third-order valence-corrected chi connectivity index (χ3v) is 5.34. The lowest BCUT2D eigenvalue weighted by atomic mass is 10.1. The Morgan fingerprint density at radius 2 is 1.90 bits per heavy atom. The van der Waals surface area contributed by atoms with Crippen LogP contribution in [0, 0.1) is 28.7 Å². The second kappa shape index (κ2) is 9.84. The fourth-order valence-corrected chi connectivity index (χ4v) is 3.89. The van der Waals surface area contributed by atoms with Crippen molar-refractivity contribution < 1.29 is 9.53 Å². The van der Waals surface area contributed by atoms with E-state index in [0.717, 1.165) is 26.2 Å². The van der Waals surface area contributed by atoms with Crippen molar-refractivity contribution in [3.05, 3.63) is 80.7 Å². The van der Waals surface area contributed by atoms with Crippen LogP contribution < -0.4 is 10.1 Å². The van der Waals surface area contributed by atoms with Crippen molar-refractivity contribution in [2.45, 2.75) is 33.8 Å². The number of nitrogens with one attached hydrogen (secondary N) is 1. The van der Waals surface area contributed by atoms with Gasteiger partial charge in [-0.25, -0.2) is 0 Å². The zero-order valence-electron chi connectivity index (χ0n) is 17.9. The van der Waals surface area contributed by atoms with Gasteiger partial charge in [0.25, 0.3) is 5.91 Å². The monoisotopic (exact) mass is 525 g/mol. The van der Waals surface area contributed by atoms with Gasteiger partial charge in [0.15, 0.2) is 0 Å². The number of carbonyl (C=O) groups excluding carboxylic acids is 1. The summed E-state index contributed by atoms with van der Waals surface area (Å²) in [6, 6.07) is 19.3. The highest BCUT2D eigenvalue weighted by Gasteiger charge is 2.14. The Labute approximate surface area is 196 Å². The zero-order valence-corrected chi connectivity index (χ0v) is 20.1. The summed E-state index contributed by atoms with van der Waals surface area (Å²) < 4.78 is 8.92. The van der Waals surface area contributed by atoms with Crippen LogP contribution in [-0.2, 0) is 4.79 Å². The van der Waals surface area contributed by atoms with Crippen LogP contribution in [0.4, 0.5) is 5.69 Å². The molecule has 0 atom stereocenters. The Balaban J connectivity index is 1.88. The van der Waals surface area contributed by atoms with E-state index in [4.69, 9.17) is 4.74 Å². The molecule has 0 spiro atoms. The van der Waals surface area contributed by atoms with E-state index in [1.807, 2.05) is 64.1 Å². The number of nitrogens with zero attached hydrogens (tertiary/aromatic N) is 2. The molecule has 0 aliphatic rings. The average Bonchev–Trinajstić information content (AvgIpc) is 2.98. The Morgan fingerprint density at radius 3 is 2.58 bits per heavy atom. The van der Waals surface area contributed by atoms with E-state index in [0.29, 0.717) is 11.4 Å². The number of amides is 1. The summed E-state index contributed by atoms with van der Waals surface area (Å²) in [5.41, 5.74) is 4.49. The van der Waals surface area contributed by atoms with Gasteiger partial charge in [-0.1, -0.05) is 12.1 Å². The molecular formula is C25H24IN3O2. The van der Waals surface area contributed by atoms with Crippen LogP contribution >= 0.6 is 22.6 Å². The molecule has 0 bridgehead atoms. The molecule has 0 fully saturated rings. The summed E-state index contributed by atoms with van der Waals surface area (Å²) in [5.74, 6) is 0.208. The molecule has 1 aromatic heterocycles. The molecule has 3 rings (SSSR count). The highest BCUT2D eigenvalue weighted by Crippen LogP contribution is 2.24. The lowest BCUT2D eigenvalue weighted by Crippen LogP contribution is -2.14. The van der Waals surface area contributed by atoms with Gasteiger partial charge in [0, 0.05) is 32.4 Å². The number of anilines is 1. The van der Waals surface area contributed by atoms with Gasteiger partial charge < -0.3 is 14.6 Å². The van der Waals surface area contributed by atoms with Crippen LogP contribution in [0.5, 0.6) is 5.75 Å². The smallest absolute Gasteiger partial charge is 0.266 e. The van der Waals surface area contributed by atoms with Gasteiger partial charge in [-0.05, 0) is 98.3 Å². The van der Waals surface area contributed by atoms with Crippen LogP contribution in [-0.4, -0.2) is 16.6 Å². The molecule has 0 aliphatic heterocycles. The normalized spacial score (nSPS) is 11.3. The summed E-state index contributed by atoms with van der Waals surface area (Å²) in [7, 11) is 0. The number of ether oxygens (including phenoxy) is 1. The number of hydrogen-bond acceptors (Lipinski definition) is 3. The molecule has 0 saturated heterocycles. The lowest BCUT2D eigenvalue weighted by Gasteiger charge is -2.11. The molecular weight excluding hydrogens is 501 g/mol. The first-order chi connectivity index (χ1) is 14.8. The Bertz CT molecular complexity index is 1190. The fraction of sp³-hybridized carbons (Fsp3) is 0.200. The van der Waals surface area contributed by atoms with Crippen LogP contribution in [0.1, 0.15) is 30.8 Å². The number of benzene rings is 2. The summed E-state index contributed by atoms with van der Waals surface area (Å²) in [5, 5.41) is 12.4. The maximum Gasteiger partial charge on any atom is 0.266 e. The first kappa shape index (κ1) is 22.6. The molecule has 1 amide bonds. The van der Waals surface area contributed by atoms with Crippen molar-refractivity contribution in [3.8, 4) is 17.5 Å². The molecule has 3 aromatic rings. The minimum Gasteiger partial charge on any atom is -0.491 e. The molecule has 0 unspecified atom stereocenters. The molecule has 1 N–H and O–H groups in total. The minimum atomic E-state index is -0.455. The second-order valence-electron chi connectivity index (χ2n) is 7.46.